The summed E-state index contributed by atoms with van der Waals surface area (Å²) in [7, 11) is 1.89. The number of rotatable bonds is 7. The minimum absolute atomic E-state index is 0.0116. The highest BCUT2D eigenvalue weighted by atomic mass is 19.1. The zero-order valence-corrected chi connectivity index (χ0v) is 12.4. The first-order valence-electron chi connectivity index (χ1n) is 7.50. The van der Waals surface area contributed by atoms with Gasteiger partial charge in [0, 0.05) is 31.3 Å². The average molecular weight is 280 g/mol. The molecule has 20 heavy (non-hydrogen) atoms. The van der Waals surface area contributed by atoms with Crippen LogP contribution in [0.15, 0.2) is 24.3 Å². The van der Waals surface area contributed by atoms with Gasteiger partial charge in [0.25, 0.3) is 0 Å². The molecule has 1 heterocycles. The number of likely N-dealkylation sites (N-methyl/N-ethyl adjacent to an activating group) is 2. The summed E-state index contributed by atoms with van der Waals surface area (Å²) in [5, 5.41) is 3.23. The van der Waals surface area contributed by atoms with E-state index < -0.39 is 0 Å². The van der Waals surface area contributed by atoms with E-state index in [1.807, 2.05) is 19.2 Å². The average Bonchev–Trinajstić information content (AvgIpc) is 2.97. The number of nitrogens with zero attached hydrogens (tertiary/aromatic N) is 1. The van der Waals surface area contributed by atoms with Gasteiger partial charge in [-0.2, -0.15) is 0 Å². The van der Waals surface area contributed by atoms with Crippen molar-refractivity contribution in [3.05, 3.63) is 35.6 Å². The van der Waals surface area contributed by atoms with E-state index in [-0.39, 0.29) is 11.9 Å². The molecule has 1 fully saturated rings. The second-order valence-corrected chi connectivity index (χ2v) is 5.35. The maximum Gasteiger partial charge on any atom is 0.128 e. The molecule has 0 bridgehead atoms. The number of benzene rings is 1. The van der Waals surface area contributed by atoms with E-state index in [2.05, 4.69) is 17.1 Å². The Morgan fingerprint density at radius 2 is 2.25 bits per heavy atom. The molecule has 1 aliphatic rings. The van der Waals surface area contributed by atoms with E-state index in [1.54, 1.807) is 6.07 Å². The van der Waals surface area contributed by atoms with Gasteiger partial charge in [0.15, 0.2) is 0 Å². The third kappa shape index (κ3) is 4.01. The zero-order valence-electron chi connectivity index (χ0n) is 12.4. The molecule has 3 nitrogen and oxygen atoms in total. The van der Waals surface area contributed by atoms with Gasteiger partial charge in [0.1, 0.15) is 5.82 Å². The third-order valence-electron chi connectivity index (χ3n) is 4.00. The predicted molar refractivity (Wildman–Crippen MR) is 79.3 cm³/mol. The maximum atomic E-state index is 13.9. The summed E-state index contributed by atoms with van der Waals surface area (Å²) < 4.78 is 19.6. The largest absolute Gasteiger partial charge is 0.377 e. The van der Waals surface area contributed by atoms with Crippen LogP contribution in [-0.2, 0) is 4.74 Å². The van der Waals surface area contributed by atoms with Crippen molar-refractivity contribution in [2.75, 3.05) is 33.3 Å². The minimum Gasteiger partial charge on any atom is -0.377 e. The summed E-state index contributed by atoms with van der Waals surface area (Å²) in [6.07, 6.45) is 2.64. The van der Waals surface area contributed by atoms with Crippen molar-refractivity contribution in [2.24, 2.45) is 0 Å². The van der Waals surface area contributed by atoms with E-state index >= 15 is 0 Å². The molecule has 0 aromatic heterocycles. The van der Waals surface area contributed by atoms with Gasteiger partial charge in [-0.3, -0.25) is 4.90 Å². The minimum atomic E-state index is -0.139. The van der Waals surface area contributed by atoms with Crippen LogP contribution in [0.3, 0.4) is 0 Å². The number of nitrogens with one attached hydrogen (secondary N) is 1. The second kappa shape index (κ2) is 7.72. The van der Waals surface area contributed by atoms with Crippen LogP contribution in [0.5, 0.6) is 0 Å². The van der Waals surface area contributed by atoms with Gasteiger partial charge in [0.2, 0.25) is 0 Å². The molecule has 1 N–H and O–H groups in total. The molecule has 1 aromatic rings. The smallest absolute Gasteiger partial charge is 0.128 e. The van der Waals surface area contributed by atoms with Crippen molar-refractivity contribution in [1.82, 2.24) is 10.2 Å². The molecular weight excluding hydrogens is 255 g/mol. The molecule has 2 unspecified atom stereocenters. The number of hydrogen-bond donors (Lipinski definition) is 1. The van der Waals surface area contributed by atoms with Gasteiger partial charge in [-0.1, -0.05) is 25.1 Å². The molecule has 0 aliphatic carbocycles. The number of ether oxygens (including phenoxy) is 1. The predicted octanol–water partition coefficient (Wildman–Crippen LogP) is 2.59. The van der Waals surface area contributed by atoms with E-state index in [0.717, 1.165) is 44.6 Å². The molecule has 112 valence electrons. The molecule has 1 saturated heterocycles. The highest BCUT2D eigenvalue weighted by Crippen LogP contribution is 2.19. The Labute approximate surface area is 121 Å². The Kier molecular flexibility index (Phi) is 5.95. The summed E-state index contributed by atoms with van der Waals surface area (Å²) in [6, 6.07) is 7.01. The van der Waals surface area contributed by atoms with Crippen molar-refractivity contribution < 1.29 is 9.13 Å². The molecule has 1 aliphatic heterocycles. The van der Waals surface area contributed by atoms with Crippen molar-refractivity contribution >= 4 is 0 Å². The van der Waals surface area contributed by atoms with Crippen LogP contribution in [0, 0.1) is 5.82 Å². The van der Waals surface area contributed by atoms with Gasteiger partial charge in [-0.05, 0) is 32.5 Å². The van der Waals surface area contributed by atoms with E-state index in [4.69, 9.17) is 4.74 Å². The Balaban J connectivity index is 1.98. The molecule has 0 spiro atoms. The lowest BCUT2D eigenvalue weighted by Gasteiger charge is -2.28. The summed E-state index contributed by atoms with van der Waals surface area (Å²) >= 11 is 0. The molecule has 2 rings (SSSR count). The van der Waals surface area contributed by atoms with E-state index in [1.165, 1.54) is 6.07 Å². The van der Waals surface area contributed by atoms with Crippen molar-refractivity contribution in [2.45, 2.75) is 31.9 Å². The number of hydrogen-bond acceptors (Lipinski definition) is 3. The molecule has 0 radical (unpaired) electrons. The quantitative estimate of drug-likeness (QED) is 0.831. The van der Waals surface area contributed by atoms with Crippen LogP contribution in [-0.4, -0.2) is 44.3 Å². The first-order chi connectivity index (χ1) is 9.74. The van der Waals surface area contributed by atoms with E-state index in [9.17, 15) is 4.39 Å². The Morgan fingerprint density at radius 1 is 1.45 bits per heavy atom. The van der Waals surface area contributed by atoms with Crippen LogP contribution >= 0.6 is 0 Å². The zero-order chi connectivity index (χ0) is 14.4. The molecular formula is C16H25FN2O. The fraction of sp³-hybridized carbons (Fsp3) is 0.625. The molecule has 0 saturated carbocycles. The Bertz CT molecular complexity index is 407. The third-order valence-corrected chi connectivity index (χ3v) is 4.00. The lowest BCUT2D eigenvalue weighted by Crippen LogP contribution is -2.38. The lowest BCUT2D eigenvalue weighted by molar-refractivity contribution is 0.0716. The van der Waals surface area contributed by atoms with E-state index in [0.29, 0.717) is 6.10 Å². The summed E-state index contributed by atoms with van der Waals surface area (Å²) in [5.74, 6) is -0.139. The fourth-order valence-electron chi connectivity index (χ4n) is 2.77. The summed E-state index contributed by atoms with van der Waals surface area (Å²) in [4.78, 5) is 2.34. The molecule has 2 atom stereocenters. The van der Waals surface area contributed by atoms with Crippen LogP contribution in [0.2, 0.25) is 0 Å². The van der Waals surface area contributed by atoms with Gasteiger partial charge in [0.05, 0.1) is 6.10 Å². The van der Waals surface area contributed by atoms with Crippen molar-refractivity contribution in [1.29, 1.82) is 0 Å². The van der Waals surface area contributed by atoms with Crippen molar-refractivity contribution in [3.63, 3.8) is 0 Å². The van der Waals surface area contributed by atoms with Crippen LogP contribution in [0.1, 0.15) is 31.4 Å². The van der Waals surface area contributed by atoms with Gasteiger partial charge < -0.3 is 10.1 Å². The normalized spacial score (nSPS) is 20.5. The topological polar surface area (TPSA) is 24.5 Å². The highest BCUT2D eigenvalue weighted by molar-refractivity contribution is 5.21. The first-order valence-corrected chi connectivity index (χ1v) is 7.50. The maximum absolute atomic E-state index is 13.9. The van der Waals surface area contributed by atoms with Gasteiger partial charge in [-0.15, -0.1) is 0 Å². The lowest BCUT2D eigenvalue weighted by atomic mass is 10.1. The fourth-order valence-corrected chi connectivity index (χ4v) is 2.77. The monoisotopic (exact) mass is 280 g/mol. The Morgan fingerprint density at radius 3 is 2.85 bits per heavy atom. The standard InChI is InChI=1S/C16H25FN2O/c1-3-19(11-13-7-6-10-20-13)12-16(18-2)14-8-4-5-9-15(14)17/h4-5,8-9,13,16,18H,3,6-7,10-12H2,1-2H3. The molecule has 1 aromatic carbocycles. The highest BCUT2D eigenvalue weighted by Gasteiger charge is 2.21. The van der Waals surface area contributed by atoms with Crippen LogP contribution < -0.4 is 5.32 Å². The summed E-state index contributed by atoms with van der Waals surface area (Å²) in [5.41, 5.74) is 0.737. The summed E-state index contributed by atoms with van der Waals surface area (Å²) in [6.45, 7) is 5.71. The van der Waals surface area contributed by atoms with Crippen LogP contribution in [0.4, 0.5) is 4.39 Å². The number of halogens is 1. The SMILES string of the molecule is CCN(CC1CCCO1)CC(NC)c1ccccc1F. The molecule has 0 amide bonds. The van der Waals surface area contributed by atoms with Gasteiger partial charge >= 0.3 is 0 Å². The second-order valence-electron chi connectivity index (χ2n) is 5.35. The van der Waals surface area contributed by atoms with Crippen LogP contribution in [0.25, 0.3) is 0 Å². The Hall–Kier alpha value is -0.970. The van der Waals surface area contributed by atoms with Crippen molar-refractivity contribution in [3.8, 4) is 0 Å². The first kappa shape index (κ1) is 15.4. The molecule has 4 heteroatoms. The van der Waals surface area contributed by atoms with Gasteiger partial charge in [-0.25, -0.2) is 4.39 Å².